The number of rotatable bonds is 2. The Morgan fingerprint density at radius 3 is 3.05 bits per heavy atom. The van der Waals surface area contributed by atoms with Gasteiger partial charge in [-0.05, 0) is 42.0 Å². The Labute approximate surface area is 127 Å². The lowest BCUT2D eigenvalue weighted by atomic mass is 10.1. The number of anilines is 2. The molecule has 2 aromatic rings. The number of halogens is 1. The van der Waals surface area contributed by atoms with E-state index in [0.29, 0.717) is 5.02 Å². The van der Waals surface area contributed by atoms with Crippen molar-refractivity contribution in [3.8, 4) is 5.75 Å². The van der Waals surface area contributed by atoms with Crippen molar-refractivity contribution >= 4 is 28.9 Å². The van der Waals surface area contributed by atoms with E-state index >= 15 is 0 Å². The average molecular weight is 301 g/mol. The molecule has 0 saturated carbocycles. The number of hydrogen-bond donors (Lipinski definition) is 2. The van der Waals surface area contributed by atoms with Gasteiger partial charge < -0.3 is 15.4 Å². The van der Waals surface area contributed by atoms with Gasteiger partial charge in [0.1, 0.15) is 11.8 Å². The number of ether oxygens (including phenoxy) is 1. The van der Waals surface area contributed by atoms with Gasteiger partial charge in [0.05, 0.1) is 6.61 Å². The molecule has 0 radical (unpaired) electrons. The fourth-order valence-corrected chi connectivity index (χ4v) is 3.00. The third kappa shape index (κ3) is 2.12. The van der Waals surface area contributed by atoms with Crippen molar-refractivity contribution < 1.29 is 9.53 Å². The average Bonchev–Trinajstić information content (AvgIpc) is 3.04. The molecule has 21 heavy (non-hydrogen) atoms. The summed E-state index contributed by atoms with van der Waals surface area (Å²) in [6.07, 6.45) is 0.907. The maximum Gasteiger partial charge on any atom is 0.251 e. The van der Waals surface area contributed by atoms with Crippen molar-refractivity contribution in [2.75, 3.05) is 17.2 Å². The molecule has 0 spiro atoms. The Bertz CT molecular complexity index is 745. The fraction of sp³-hybridized carbons (Fsp3) is 0.188. The van der Waals surface area contributed by atoms with Crippen LogP contribution in [0.3, 0.4) is 0 Å². The Morgan fingerprint density at radius 1 is 1.24 bits per heavy atom. The number of carbonyl (C=O) groups is 1. The summed E-state index contributed by atoms with van der Waals surface area (Å²) in [5.74, 6) is 0.865. The van der Waals surface area contributed by atoms with Crippen molar-refractivity contribution in [2.24, 2.45) is 0 Å². The SMILES string of the molecule is O=C1Nc2ccc(Cl)cc2C1Nc1ccc2c(c1)CCO2. The van der Waals surface area contributed by atoms with Crippen molar-refractivity contribution in [3.63, 3.8) is 0 Å². The lowest BCUT2D eigenvalue weighted by molar-refractivity contribution is -0.116. The first kappa shape index (κ1) is 12.5. The molecule has 5 heteroatoms. The van der Waals surface area contributed by atoms with Gasteiger partial charge in [0.15, 0.2) is 0 Å². The molecule has 2 aliphatic rings. The van der Waals surface area contributed by atoms with E-state index < -0.39 is 6.04 Å². The van der Waals surface area contributed by atoms with Gasteiger partial charge in [0.2, 0.25) is 0 Å². The summed E-state index contributed by atoms with van der Waals surface area (Å²) in [5, 5.41) is 6.76. The van der Waals surface area contributed by atoms with Crippen molar-refractivity contribution in [1.29, 1.82) is 0 Å². The standard InChI is InChI=1S/C16H13ClN2O2/c17-10-1-3-13-12(8-10)15(16(20)19-13)18-11-2-4-14-9(7-11)5-6-21-14/h1-4,7-8,15,18H,5-6H2,(H,19,20). The maximum absolute atomic E-state index is 12.1. The summed E-state index contributed by atoms with van der Waals surface area (Å²) in [4.78, 5) is 12.1. The first-order valence-electron chi connectivity index (χ1n) is 6.83. The van der Waals surface area contributed by atoms with Crippen LogP contribution in [0, 0.1) is 0 Å². The molecule has 2 heterocycles. The second-order valence-electron chi connectivity index (χ2n) is 5.22. The summed E-state index contributed by atoms with van der Waals surface area (Å²) >= 11 is 6.03. The number of fused-ring (bicyclic) bond motifs is 2. The fourth-order valence-electron chi connectivity index (χ4n) is 2.82. The van der Waals surface area contributed by atoms with E-state index in [0.717, 1.165) is 35.7 Å². The molecular weight excluding hydrogens is 288 g/mol. The van der Waals surface area contributed by atoms with Crippen LogP contribution in [0.25, 0.3) is 0 Å². The van der Waals surface area contributed by atoms with Crippen LogP contribution in [-0.2, 0) is 11.2 Å². The summed E-state index contributed by atoms with van der Waals surface area (Å²) in [7, 11) is 0. The van der Waals surface area contributed by atoms with E-state index in [2.05, 4.69) is 10.6 Å². The van der Waals surface area contributed by atoms with Crippen molar-refractivity contribution in [2.45, 2.75) is 12.5 Å². The topological polar surface area (TPSA) is 50.4 Å². The maximum atomic E-state index is 12.1. The molecule has 2 N–H and O–H groups in total. The number of nitrogens with one attached hydrogen (secondary N) is 2. The minimum atomic E-state index is -0.418. The number of carbonyl (C=O) groups excluding carboxylic acids is 1. The minimum Gasteiger partial charge on any atom is -0.493 e. The molecule has 2 aliphatic heterocycles. The smallest absolute Gasteiger partial charge is 0.251 e. The highest BCUT2D eigenvalue weighted by Gasteiger charge is 2.30. The van der Waals surface area contributed by atoms with E-state index in [9.17, 15) is 4.79 Å². The van der Waals surface area contributed by atoms with E-state index in [1.165, 1.54) is 5.56 Å². The number of hydrogen-bond acceptors (Lipinski definition) is 3. The normalized spacial score (nSPS) is 18.7. The molecule has 0 aliphatic carbocycles. The Kier molecular flexibility index (Phi) is 2.79. The lowest BCUT2D eigenvalue weighted by Crippen LogP contribution is -2.19. The summed E-state index contributed by atoms with van der Waals surface area (Å²) in [6.45, 7) is 0.723. The molecule has 106 valence electrons. The van der Waals surface area contributed by atoms with Crippen LogP contribution in [0.5, 0.6) is 5.75 Å². The van der Waals surface area contributed by atoms with Gasteiger partial charge in [0, 0.05) is 28.4 Å². The molecule has 0 saturated heterocycles. The molecule has 4 rings (SSSR count). The molecule has 0 aromatic heterocycles. The first-order chi connectivity index (χ1) is 10.2. The molecule has 1 amide bonds. The summed E-state index contributed by atoms with van der Waals surface area (Å²) in [5.41, 5.74) is 3.77. The Balaban J connectivity index is 1.66. The molecule has 1 unspecified atom stereocenters. The van der Waals surface area contributed by atoms with E-state index in [-0.39, 0.29) is 5.91 Å². The van der Waals surface area contributed by atoms with Gasteiger partial charge in [-0.1, -0.05) is 11.6 Å². The second kappa shape index (κ2) is 4.67. The summed E-state index contributed by atoms with van der Waals surface area (Å²) < 4.78 is 5.49. The first-order valence-corrected chi connectivity index (χ1v) is 7.21. The third-order valence-electron chi connectivity index (χ3n) is 3.85. The van der Waals surface area contributed by atoms with Gasteiger partial charge >= 0.3 is 0 Å². The van der Waals surface area contributed by atoms with Gasteiger partial charge in [-0.25, -0.2) is 0 Å². The van der Waals surface area contributed by atoms with Crippen LogP contribution >= 0.6 is 11.6 Å². The third-order valence-corrected chi connectivity index (χ3v) is 4.08. The lowest BCUT2D eigenvalue weighted by Gasteiger charge is -2.14. The van der Waals surface area contributed by atoms with Crippen LogP contribution in [-0.4, -0.2) is 12.5 Å². The highest BCUT2D eigenvalue weighted by atomic mass is 35.5. The predicted molar refractivity (Wildman–Crippen MR) is 82.1 cm³/mol. The summed E-state index contributed by atoms with van der Waals surface area (Å²) in [6, 6.07) is 10.9. The highest BCUT2D eigenvalue weighted by Crippen LogP contribution is 2.36. The number of amides is 1. The second-order valence-corrected chi connectivity index (χ2v) is 5.66. The van der Waals surface area contributed by atoms with Crippen LogP contribution in [0.4, 0.5) is 11.4 Å². The van der Waals surface area contributed by atoms with Crippen LogP contribution < -0.4 is 15.4 Å². The molecule has 4 nitrogen and oxygen atoms in total. The van der Waals surface area contributed by atoms with E-state index in [1.807, 2.05) is 30.3 Å². The minimum absolute atomic E-state index is 0.0657. The van der Waals surface area contributed by atoms with Crippen LogP contribution in [0.15, 0.2) is 36.4 Å². The van der Waals surface area contributed by atoms with Crippen molar-refractivity contribution in [1.82, 2.24) is 0 Å². The van der Waals surface area contributed by atoms with E-state index in [1.54, 1.807) is 6.07 Å². The van der Waals surface area contributed by atoms with E-state index in [4.69, 9.17) is 16.3 Å². The van der Waals surface area contributed by atoms with Gasteiger partial charge in [-0.3, -0.25) is 4.79 Å². The zero-order chi connectivity index (χ0) is 14.4. The quantitative estimate of drug-likeness (QED) is 0.894. The van der Waals surface area contributed by atoms with Crippen LogP contribution in [0.2, 0.25) is 5.02 Å². The Hall–Kier alpha value is -2.20. The van der Waals surface area contributed by atoms with Gasteiger partial charge in [0.25, 0.3) is 5.91 Å². The number of benzene rings is 2. The largest absolute Gasteiger partial charge is 0.493 e. The molecule has 0 bridgehead atoms. The van der Waals surface area contributed by atoms with Gasteiger partial charge in [-0.2, -0.15) is 0 Å². The highest BCUT2D eigenvalue weighted by molar-refractivity contribution is 6.31. The zero-order valence-corrected chi connectivity index (χ0v) is 11.9. The molecule has 0 fully saturated rings. The molecule has 2 aromatic carbocycles. The predicted octanol–water partition coefficient (Wildman–Crippen LogP) is 3.38. The monoisotopic (exact) mass is 300 g/mol. The molecular formula is C16H13ClN2O2. The van der Waals surface area contributed by atoms with Crippen LogP contribution in [0.1, 0.15) is 17.2 Å². The Morgan fingerprint density at radius 2 is 2.14 bits per heavy atom. The molecule has 1 atom stereocenters. The van der Waals surface area contributed by atoms with Crippen molar-refractivity contribution in [3.05, 3.63) is 52.5 Å². The van der Waals surface area contributed by atoms with Gasteiger partial charge in [-0.15, -0.1) is 0 Å². The zero-order valence-electron chi connectivity index (χ0n) is 11.2.